The predicted molar refractivity (Wildman–Crippen MR) is 113 cm³/mol. The lowest BCUT2D eigenvalue weighted by Gasteiger charge is -2.22. The molecule has 0 fully saturated rings. The lowest BCUT2D eigenvalue weighted by atomic mass is 10.1. The van der Waals surface area contributed by atoms with Crippen LogP contribution in [0.3, 0.4) is 0 Å². The zero-order valence-electron chi connectivity index (χ0n) is 16.6. The van der Waals surface area contributed by atoms with Crippen molar-refractivity contribution < 1.29 is 9.53 Å². The molecular weight excluding hydrogens is 352 g/mol. The van der Waals surface area contributed by atoms with Gasteiger partial charge in [-0.25, -0.2) is 0 Å². The van der Waals surface area contributed by atoms with E-state index in [1.54, 1.807) is 9.47 Å². The van der Waals surface area contributed by atoms with Gasteiger partial charge in [0, 0.05) is 30.2 Å². The minimum absolute atomic E-state index is 0.122. The molecule has 0 aliphatic heterocycles. The number of aromatic nitrogens is 1. The number of ether oxygens (including phenoxy) is 1. The Morgan fingerprint density at radius 2 is 1.75 bits per heavy atom. The molecule has 5 heteroatoms. The molecule has 146 valence electrons. The van der Waals surface area contributed by atoms with Crippen molar-refractivity contribution in [2.75, 3.05) is 18.1 Å². The van der Waals surface area contributed by atoms with Gasteiger partial charge in [-0.2, -0.15) is 0 Å². The van der Waals surface area contributed by atoms with E-state index in [2.05, 4.69) is 6.92 Å². The van der Waals surface area contributed by atoms with Crippen molar-refractivity contribution in [1.82, 2.24) is 4.57 Å². The number of amides is 1. The Morgan fingerprint density at radius 1 is 1.04 bits per heavy atom. The summed E-state index contributed by atoms with van der Waals surface area (Å²) in [4.78, 5) is 26.8. The Morgan fingerprint density at radius 3 is 2.39 bits per heavy atom. The van der Waals surface area contributed by atoms with E-state index in [0.29, 0.717) is 18.8 Å². The molecule has 0 spiro atoms. The van der Waals surface area contributed by atoms with Crippen LogP contribution >= 0.6 is 0 Å². The minimum atomic E-state index is -0.143. The topological polar surface area (TPSA) is 51.5 Å². The first-order valence-electron chi connectivity index (χ1n) is 9.73. The van der Waals surface area contributed by atoms with Gasteiger partial charge < -0.3 is 14.2 Å². The van der Waals surface area contributed by atoms with E-state index in [4.69, 9.17) is 4.74 Å². The molecule has 0 saturated carbocycles. The second kappa shape index (κ2) is 8.74. The van der Waals surface area contributed by atoms with Gasteiger partial charge >= 0.3 is 0 Å². The molecule has 0 saturated heterocycles. The number of carbonyl (C=O) groups is 1. The number of nitrogens with zero attached hydrogens (tertiary/aromatic N) is 2. The summed E-state index contributed by atoms with van der Waals surface area (Å²) >= 11 is 0. The number of fused-ring (bicyclic) bond motifs is 1. The average Bonchev–Trinajstić information content (AvgIpc) is 2.73. The van der Waals surface area contributed by atoms with Gasteiger partial charge in [-0.1, -0.05) is 31.2 Å². The maximum Gasteiger partial charge on any atom is 0.264 e. The predicted octanol–water partition coefficient (Wildman–Crippen LogP) is 4.02. The molecule has 0 unspecified atom stereocenters. The highest BCUT2D eigenvalue weighted by atomic mass is 16.5. The fraction of sp³-hybridized carbons (Fsp3) is 0.304. The van der Waals surface area contributed by atoms with Crippen molar-refractivity contribution in [3.63, 3.8) is 0 Å². The largest absolute Gasteiger partial charge is 0.483 e. The van der Waals surface area contributed by atoms with Crippen LogP contribution in [0.1, 0.15) is 26.3 Å². The van der Waals surface area contributed by atoms with Crippen LogP contribution < -0.4 is 15.2 Å². The molecule has 0 atom stereocenters. The number of aryl methyl sites for hydroxylation is 2. The third-order valence-corrected chi connectivity index (χ3v) is 4.92. The third-order valence-electron chi connectivity index (χ3n) is 4.92. The van der Waals surface area contributed by atoms with Crippen LogP contribution in [0.15, 0.2) is 59.4 Å². The summed E-state index contributed by atoms with van der Waals surface area (Å²) in [6.45, 7) is 6.97. The van der Waals surface area contributed by atoms with E-state index in [1.165, 1.54) is 11.6 Å². The molecule has 0 aliphatic rings. The number of anilines is 1. The van der Waals surface area contributed by atoms with Crippen molar-refractivity contribution in [2.24, 2.45) is 0 Å². The summed E-state index contributed by atoms with van der Waals surface area (Å²) in [7, 11) is 0. The molecule has 0 aliphatic carbocycles. The molecule has 5 nitrogen and oxygen atoms in total. The van der Waals surface area contributed by atoms with Crippen LogP contribution in [-0.4, -0.2) is 23.6 Å². The Bertz CT molecular complexity index is 1020. The molecule has 1 amide bonds. The molecule has 3 aromatic rings. The Hall–Kier alpha value is -3.08. The number of pyridine rings is 1. The fourth-order valence-corrected chi connectivity index (χ4v) is 3.38. The van der Waals surface area contributed by atoms with Crippen molar-refractivity contribution in [3.8, 4) is 5.75 Å². The van der Waals surface area contributed by atoms with Gasteiger partial charge in [0.05, 0.1) is 5.52 Å². The SMILES string of the molecule is CCc1ccc(N(CC)C(=O)COc2cc(=O)n(CC)c3ccccc23)cc1. The highest BCUT2D eigenvalue weighted by molar-refractivity contribution is 5.95. The molecule has 28 heavy (non-hydrogen) atoms. The van der Waals surface area contributed by atoms with Crippen molar-refractivity contribution in [3.05, 3.63) is 70.5 Å². The second-order valence-corrected chi connectivity index (χ2v) is 6.55. The maximum atomic E-state index is 12.8. The molecule has 3 rings (SSSR count). The normalized spacial score (nSPS) is 10.8. The van der Waals surface area contributed by atoms with Crippen molar-refractivity contribution in [2.45, 2.75) is 33.7 Å². The van der Waals surface area contributed by atoms with Gasteiger partial charge in [-0.05, 0) is 50.1 Å². The standard InChI is InChI=1S/C23H26N2O3/c1-4-17-11-13-18(14-12-17)24(5-2)23(27)16-28-21-15-22(26)25(6-3)20-10-8-7-9-19(20)21/h7-15H,4-6,16H2,1-3H3. The quantitative estimate of drug-likeness (QED) is 0.624. The number of rotatable bonds is 7. The van der Waals surface area contributed by atoms with E-state index in [0.717, 1.165) is 23.0 Å². The summed E-state index contributed by atoms with van der Waals surface area (Å²) in [6.07, 6.45) is 0.958. The van der Waals surface area contributed by atoms with Crippen LogP contribution in [0.4, 0.5) is 5.69 Å². The van der Waals surface area contributed by atoms with E-state index in [1.807, 2.05) is 62.4 Å². The number of benzene rings is 2. The Labute approximate surface area is 165 Å². The minimum Gasteiger partial charge on any atom is -0.483 e. The highest BCUT2D eigenvalue weighted by Gasteiger charge is 2.16. The highest BCUT2D eigenvalue weighted by Crippen LogP contribution is 2.24. The van der Waals surface area contributed by atoms with Crippen molar-refractivity contribution in [1.29, 1.82) is 0 Å². The summed E-state index contributed by atoms with van der Waals surface area (Å²) in [5.41, 5.74) is 2.75. The first-order chi connectivity index (χ1) is 13.6. The van der Waals surface area contributed by atoms with Crippen LogP contribution in [0.5, 0.6) is 5.75 Å². The number of hydrogen-bond donors (Lipinski definition) is 0. The van der Waals surface area contributed by atoms with E-state index in [-0.39, 0.29) is 18.1 Å². The zero-order valence-corrected chi connectivity index (χ0v) is 16.6. The zero-order chi connectivity index (χ0) is 20.1. The first-order valence-corrected chi connectivity index (χ1v) is 9.73. The molecule has 0 bridgehead atoms. The van der Waals surface area contributed by atoms with Crippen LogP contribution in [0.25, 0.3) is 10.9 Å². The lowest BCUT2D eigenvalue weighted by Crippen LogP contribution is -2.35. The number of likely N-dealkylation sites (N-methyl/N-ethyl adjacent to an activating group) is 1. The molecule has 0 radical (unpaired) electrons. The van der Waals surface area contributed by atoms with E-state index in [9.17, 15) is 9.59 Å². The van der Waals surface area contributed by atoms with Gasteiger partial charge in [0.1, 0.15) is 5.75 Å². The van der Waals surface area contributed by atoms with Gasteiger partial charge in [-0.3, -0.25) is 9.59 Å². The monoisotopic (exact) mass is 378 g/mol. The fourth-order valence-electron chi connectivity index (χ4n) is 3.38. The lowest BCUT2D eigenvalue weighted by molar-refractivity contribution is -0.120. The number of hydrogen-bond acceptors (Lipinski definition) is 3. The third kappa shape index (κ3) is 3.93. The molecule has 0 N–H and O–H groups in total. The Balaban J connectivity index is 1.82. The second-order valence-electron chi connectivity index (χ2n) is 6.55. The first kappa shape index (κ1) is 19.7. The summed E-state index contributed by atoms with van der Waals surface area (Å²) < 4.78 is 7.50. The maximum absolute atomic E-state index is 12.8. The van der Waals surface area contributed by atoms with Gasteiger partial charge in [-0.15, -0.1) is 0 Å². The number of para-hydroxylation sites is 1. The summed E-state index contributed by atoms with van der Waals surface area (Å²) in [5, 5.41) is 0.826. The summed E-state index contributed by atoms with van der Waals surface area (Å²) in [6, 6.07) is 17.0. The molecule has 2 aromatic carbocycles. The van der Waals surface area contributed by atoms with E-state index >= 15 is 0 Å². The Kier molecular flexibility index (Phi) is 6.14. The van der Waals surface area contributed by atoms with Crippen LogP contribution in [-0.2, 0) is 17.8 Å². The van der Waals surface area contributed by atoms with Crippen LogP contribution in [0.2, 0.25) is 0 Å². The van der Waals surface area contributed by atoms with Crippen molar-refractivity contribution >= 4 is 22.5 Å². The smallest absolute Gasteiger partial charge is 0.264 e. The van der Waals surface area contributed by atoms with Gasteiger partial charge in [0.2, 0.25) is 0 Å². The number of carbonyl (C=O) groups excluding carboxylic acids is 1. The molecule has 1 heterocycles. The molecular formula is C23H26N2O3. The average molecular weight is 378 g/mol. The summed E-state index contributed by atoms with van der Waals surface area (Å²) in [5.74, 6) is 0.298. The van der Waals surface area contributed by atoms with E-state index < -0.39 is 0 Å². The molecule has 1 aromatic heterocycles. The van der Waals surface area contributed by atoms with Gasteiger partial charge in [0.25, 0.3) is 11.5 Å². The van der Waals surface area contributed by atoms with Crippen LogP contribution in [0, 0.1) is 0 Å². The van der Waals surface area contributed by atoms with Gasteiger partial charge in [0.15, 0.2) is 6.61 Å².